The summed E-state index contributed by atoms with van der Waals surface area (Å²) >= 11 is 0. The standard InChI is InChI=1S/C20H15N3O6/c24-20(19-12-27-17-3-1-2-4-18(17)29-19)22-21-11-15-9-10-16(28-15)13-5-7-14(8-6-13)23(25)26/h1-11,19H,12H2,(H,22,24)/b21-11+/t19-/m1/s1. The Bertz CT molecular complexity index is 1070. The van der Waals surface area contributed by atoms with Crippen LogP contribution < -0.4 is 14.9 Å². The zero-order valence-corrected chi connectivity index (χ0v) is 15.0. The molecule has 2 aromatic carbocycles. The van der Waals surface area contributed by atoms with Crippen molar-refractivity contribution in [3.8, 4) is 22.8 Å². The molecule has 0 saturated heterocycles. The molecule has 1 aromatic heterocycles. The Morgan fingerprint density at radius 1 is 1.10 bits per heavy atom. The highest BCUT2D eigenvalue weighted by molar-refractivity contribution is 5.84. The van der Waals surface area contributed by atoms with Gasteiger partial charge in [0.15, 0.2) is 11.5 Å². The molecule has 1 aliphatic rings. The second-order valence-electron chi connectivity index (χ2n) is 6.10. The summed E-state index contributed by atoms with van der Waals surface area (Å²) in [6.45, 7) is 0.0867. The largest absolute Gasteiger partial charge is 0.485 e. The van der Waals surface area contributed by atoms with E-state index in [1.54, 1.807) is 42.5 Å². The minimum atomic E-state index is -0.811. The van der Waals surface area contributed by atoms with Crippen LogP contribution in [0.15, 0.2) is 70.2 Å². The number of carbonyl (C=O) groups is 1. The molecular formula is C20H15N3O6. The van der Waals surface area contributed by atoms with Crippen molar-refractivity contribution in [1.82, 2.24) is 5.43 Å². The highest BCUT2D eigenvalue weighted by Crippen LogP contribution is 2.30. The van der Waals surface area contributed by atoms with Crippen LogP contribution in [0.3, 0.4) is 0 Å². The van der Waals surface area contributed by atoms with Crippen LogP contribution in [-0.2, 0) is 4.79 Å². The third kappa shape index (κ3) is 4.08. The highest BCUT2D eigenvalue weighted by Gasteiger charge is 2.27. The molecule has 1 N–H and O–H groups in total. The zero-order valence-electron chi connectivity index (χ0n) is 15.0. The summed E-state index contributed by atoms with van der Waals surface area (Å²) in [5, 5.41) is 14.6. The van der Waals surface area contributed by atoms with Crippen LogP contribution in [0.2, 0.25) is 0 Å². The molecule has 1 aliphatic heterocycles. The Hall–Kier alpha value is -4.14. The number of nitrogens with zero attached hydrogens (tertiary/aromatic N) is 2. The number of hydrogen-bond donors (Lipinski definition) is 1. The number of furan rings is 1. The lowest BCUT2D eigenvalue weighted by atomic mass is 10.1. The molecule has 3 aromatic rings. The van der Waals surface area contributed by atoms with Crippen molar-refractivity contribution >= 4 is 17.8 Å². The smallest absolute Gasteiger partial charge is 0.284 e. The number of fused-ring (bicyclic) bond motifs is 1. The number of amides is 1. The van der Waals surface area contributed by atoms with E-state index in [4.69, 9.17) is 13.9 Å². The van der Waals surface area contributed by atoms with E-state index in [1.807, 2.05) is 6.07 Å². The molecule has 0 unspecified atom stereocenters. The first kappa shape index (κ1) is 18.2. The number of hydrazone groups is 1. The lowest BCUT2D eigenvalue weighted by molar-refractivity contribution is -0.384. The van der Waals surface area contributed by atoms with Gasteiger partial charge < -0.3 is 13.9 Å². The van der Waals surface area contributed by atoms with Gasteiger partial charge in [0.1, 0.15) is 18.1 Å². The lowest BCUT2D eigenvalue weighted by Gasteiger charge is -2.24. The van der Waals surface area contributed by atoms with Gasteiger partial charge in [0, 0.05) is 17.7 Å². The van der Waals surface area contributed by atoms with Crippen LogP contribution in [0, 0.1) is 10.1 Å². The number of nitro groups is 1. The summed E-state index contributed by atoms with van der Waals surface area (Å²) in [5.74, 6) is 1.58. The van der Waals surface area contributed by atoms with Crippen molar-refractivity contribution in [2.45, 2.75) is 6.10 Å². The first-order valence-corrected chi connectivity index (χ1v) is 8.66. The average Bonchev–Trinajstić information content (AvgIpc) is 3.22. The van der Waals surface area contributed by atoms with Crippen molar-refractivity contribution in [3.05, 3.63) is 76.5 Å². The lowest BCUT2D eigenvalue weighted by Crippen LogP contribution is -2.42. The molecule has 0 bridgehead atoms. The van der Waals surface area contributed by atoms with Crippen molar-refractivity contribution in [2.24, 2.45) is 5.10 Å². The number of para-hydroxylation sites is 2. The van der Waals surface area contributed by atoms with Gasteiger partial charge in [0.2, 0.25) is 6.10 Å². The number of nitro benzene ring substituents is 1. The number of benzene rings is 2. The third-order valence-corrected chi connectivity index (χ3v) is 4.16. The van der Waals surface area contributed by atoms with E-state index in [0.29, 0.717) is 28.6 Å². The van der Waals surface area contributed by atoms with Crippen molar-refractivity contribution in [3.63, 3.8) is 0 Å². The van der Waals surface area contributed by atoms with Gasteiger partial charge in [-0.05, 0) is 36.4 Å². The molecule has 0 radical (unpaired) electrons. The van der Waals surface area contributed by atoms with E-state index in [0.717, 1.165) is 0 Å². The van der Waals surface area contributed by atoms with Crippen molar-refractivity contribution < 1.29 is 23.6 Å². The Kier molecular flexibility index (Phi) is 4.93. The van der Waals surface area contributed by atoms with Gasteiger partial charge in [-0.25, -0.2) is 5.43 Å². The zero-order chi connectivity index (χ0) is 20.2. The second-order valence-corrected chi connectivity index (χ2v) is 6.10. The van der Waals surface area contributed by atoms with Gasteiger partial charge in [-0.2, -0.15) is 5.10 Å². The number of carbonyl (C=O) groups excluding carboxylic acids is 1. The molecule has 2 heterocycles. The molecule has 0 aliphatic carbocycles. The molecule has 0 spiro atoms. The van der Waals surface area contributed by atoms with E-state index in [9.17, 15) is 14.9 Å². The first-order chi connectivity index (χ1) is 14.1. The molecule has 1 atom stereocenters. The Morgan fingerprint density at radius 3 is 2.62 bits per heavy atom. The normalized spacial score (nSPS) is 15.2. The average molecular weight is 393 g/mol. The first-order valence-electron chi connectivity index (χ1n) is 8.66. The predicted octanol–water partition coefficient (Wildman–Crippen LogP) is 3.14. The van der Waals surface area contributed by atoms with E-state index < -0.39 is 16.9 Å². The highest BCUT2D eigenvalue weighted by atomic mass is 16.6. The fraction of sp³-hybridized carbons (Fsp3) is 0.100. The quantitative estimate of drug-likeness (QED) is 0.404. The Balaban J connectivity index is 1.35. The van der Waals surface area contributed by atoms with Crippen LogP contribution in [0.4, 0.5) is 5.69 Å². The molecule has 0 saturated carbocycles. The van der Waals surface area contributed by atoms with Gasteiger partial charge in [-0.15, -0.1) is 0 Å². The van der Waals surface area contributed by atoms with Gasteiger partial charge in [0.05, 0.1) is 11.1 Å². The SMILES string of the molecule is O=C(N/N=C/c1ccc(-c2ccc([N+](=O)[O-])cc2)o1)[C@H]1COc2ccccc2O1. The van der Waals surface area contributed by atoms with Crippen LogP contribution in [0.1, 0.15) is 5.76 Å². The van der Waals surface area contributed by atoms with E-state index in [-0.39, 0.29) is 12.3 Å². The fourth-order valence-corrected chi connectivity index (χ4v) is 2.71. The van der Waals surface area contributed by atoms with Crippen LogP contribution in [0.25, 0.3) is 11.3 Å². The molecule has 0 fully saturated rings. The molecule has 1 amide bonds. The maximum atomic E-state index is 12.2. The summed E-state index contributed by atoms with van der Waals surface area (Å²) < 4.78 is 16.7. The van der Waals surface area contributed by atoms with Gasteiger partial charge >= 0.3 is 0 Å². The number of hydrogen-bond acceptors (Lipinski definition) is 7. The van der Waals surface area contributed by atoms with E-state index in [2.05, 4.69) is 10.5 Å². The second kappa shape index (κ2) is 7.85. The summed E-state index contributed by atoms with van der Waals surface area (Å²) in [6, 6.07) is 16.5. The van der Waals surface area contributed by atoms with Crippen molar-refractivity contribution in [2.75, 3.05) is 6.61 Å². The van der Waals surface area contributed by atoms with Gasteiger partial charge in [-0.3, -0.25) is 14.9 Å². The summed E-state index contributed by atoms with van der Waals surface area (Å²) in [6.07, 6.45) is 0.541. The van der Waals surface area contributed by atoms with E-state index >= 15 is 0 Å². The minimum Gasteiger partial charge on any atom is -0.485 e. The summed E-state index contributed by atoms with van der Waals surface area (Å²) in [5.41, 5.74) is 3.08. The molecule has 146 valence electrons. The van der Waals surface area contributed by atoms with Crippen molar-refractivity contribution in [1.29, 1.82) is 0 Å². The van der Waals surface area contributed by atoms with Crippen LogP contribution in [0.5, 0.6) is 11.5 Å². The summed E-state index contributed by atoms with van der Waals surface area (Å²) in [7, 11) is 0. The number of nitrogens with one attached hydrogen (secondary N) is 1. The molecular weight excluding hydrogens is 378 g/mol. The van der Waals surface area contributed by atoms with Gasteiger partial charge in [-0.1, -0.05) is 12.1 Å². The van der Waals surface area contributed by atoms with Crippen LogP contribution >= 0.6 is 0 Å². The predicted molar refractivity (Wildman–Crippen MR) is 103 cm³/mol. The minimum absolute atomic E-state index is 0.00124. The third-order valence-electron chi connectivity index (χ3n) is 4.16. The molecule has 9 heteroatoms. The van der Waals surface area contributed by atoms with Gasteiger partial charge in [0.25, 0.3) is 11.6 Å². The number of rotatable bonds is 5. The van der Waals surface area contributed by atoms with E-state index in [1.165, 1.54) is 18.3 Å². The monoisotopic (exact) mass is 393 g/mol. The Labute approximate surface area is 164 Å². The number of non-ortho nitro benzene ring substituents is 1. The molecule has 29 heavy (non-hydrogen) atoms. The number of ether oxygens (including phenoxy) is 2. The molecule has 9 nitrogen and oxygen atoms in total. The topological polar surface area (TPSA) is 116 Å². The maximum Gasteiger partial charge on any atom is 0.284 e. The molecule has 4 rings (SSSR count). The Morgan fingerprint density at radius 2 is 1.86 bits per heavy atom. The van der Waals surface area contributed by atoms with Crippen LogP contribution in [-0.4, -0.2) is 29.8 Å². The maximum absolute atomic E-state index is 12.2. The summed E-state index contributed by atoms with van der Waals surface area (Å²) in [4.78, 5) is 22.4. The fourth-order valence-electron chi connectivity index (χ4n) is 2.71.